The highest BCUT2D eigenvalue weighted by atomic mass is 16.1. The Hall–Kier alpha value is -1.84. The van der Waals surface area contributed by atoms with Gasteiger partial charge in [-0.15, -0.1) is 0 Å². The molecule has 0 unspecified atom stereocenters. The van der Waals surface area contributed by atoms with Gasteiger partial charge in [-0.2, -0.15) is 0 Å². The van der Waals surface area contributed by atoms with Gasteiger partial charge in [0.05, 0.1) is 12.0 Å². The first-order valence-corrected chi connectivity index (χ1v) is 5.75. The molecule has 4 heteroatoms. The molecule has 0 aliphatic rings. The van der Waals surface area contributed by atoms with Gasteiger partial charge < -0.3 is 11.1 Å². The summed E-state index contributed by atoms with van der Waals surface area (Å²) in [7, 11) is 0. The Morgan fingerprint density at radius 2 is 2.00 bits per heavy atom. The molecule has 1 amide bonds. The van der Waals surface area contributed by atoms with E-state index in [2.05, 4.69) is 5.32 Å². The molecular formula is C13H19N3O. The van der Waals surface area contributed by atoms with Crippen LogP contribution in [0.4, 0.5) is 0 Å². The molecule has 1 rings (SSSR count). The monoisotopic (exact) mass is 233 g/mol. The van der Waals surface area contributed by atoms with Crippen LogP contribution in [0, 0.1) is 11.3 Å². The van der Waals surface area contributed by atoms with Crippen molar-refractivity contribution >= 4 is 11.7 Å². The second kappa shape index (κ2) is 6.03. The van der Waals surface area contributed by atoms with Crippen LogP contribution in [0.3, 0.4) is 0 Å². The van der Waals surface area contributed by atoms with Gasteiger partial charge in [-0.1, -0.05) is 37.3 Å². The summed E-state index contributed by atoms with van der Waals surface area (Å²) in [5.74, 6) is -0.883. The lowest BCUT2D eigenvalue weighted by molar-refractivity contribution is -0.123. The average molecular weight is 233 g/mol. The predicted molar refractivity (Wildman–Crippen MR) is 68.7 cm³/mol. The highest BCUT2D eigenvalue weighted by Crippen LogP contribution is 2.16. The second-order valence-electron chi connectivity index (χ2n) is 4.06. The molecule has 17 heavy (non-hydrogen) atoms. The van der Waals surface area contributed by atoms with Crippen molar-refractivity contribution < 1.29 is 4.79 Å². The molecule has 0 saturated carbocycles. The molecule has 0 aliphatic carbocycles. The molecule has 0 saturated heterocycles. The van der Waals surface area contributed by atoms with Gasteiger partial charge in [0.25, 0.3) is 0 Å². The Morgan fingerprint density at radius 1 is 1.41 bits per heavy atom. The first kappa shape index (κ1) is 13.2. The normalized spacial score (nSPS) is 13.8. The SMILES string of the molecule is CC[C@@H](NC(=O)[C@@H](C)C(=N)N)c1ccccc1. The predicted octanol–water partition coefficient (Wildman–Crippen LogP) is 1.83. The van der Waals surface area contributed by atoms with Gasteiger partial charge >= 0.3 is 0 Å². The van der Waals surface area contributed by atoms with Crippen LogP contribution in [0.25, 0.3) is 0 Å². The Labute approximate surface area is 102 Å². The summed E-state index contributed by atoms with van der Waals surface area (Å²) in [4.78, 5) is 11.8. The number of carbonyl (C=O) groups is 1. The molecule has 1 aromatic rings. The molecule has 0 fully saturated rings. The maximum absolute atomic E-state index is 11.8. The van der Waals surface area contributed by atoms with Crippen LogP contribution in [0.5, 0.6) is 0 Å². The zero-order chi connectivity index (χ0) is 12.8. The quantitative estimate of drug-likeness (QED) is 0.536. The molecule has 2 atom stereocenters. The Kier molecular flexibility index (Phi) is 4.69. The van der Waals surface area contributed by atoms with E-state index in [0.29, 0.717) is 0 Å². The standard InChI is InChI=1S/C13H19N3O/c1-3-11(10-7-5-4-6-8-10)16-13(17)9(2)12(14)15/h4-9,11H,3H2,1-2H3,(H3,14,15)(H,16,17)/t9-,11+/m0/s1. The van der Waals surface area contributed by atoms with Crippen molar-refractivity contribution in [3.05, 3.63) is 35.9 Å². The number of benzene rings is 1. The van der Waals surface area contributed by atoms with Crippen LogP contribution in [0.15, 0.2) is 30.3 Å². The number of amides is 1. The molecule has 0 aromatic heterocycles. The number of hydrogen-bond acceptors (Lipinski definition) is 2. The minimum Gasteiger partial charge on any atom is -0.387 e. The molecule has 0 aliphatic heterocycles. The molecule has 0 radical (unpaired) electrons. The van der Waals surface area contributed by atoms with E-state index in [9.17, 15) is 4.79 Å². The van der Waals surface area contributed by atoms with Gasteiger partial charge in [-0.05, 0) is 18.9 Å². The van der Waals surface area contributed by atoms with Gasteiger partial charge in [0.1, 0.15) is 5.84 Å². The number of amidine groups is 1. The van der Waals surface area contributed by atoms with Gasteiger partial charge in [-0.3, -0.25) is 10.2 Å². The smallest absolute Gasteiger partial charge is 0.230 e. The Morgan fingerprint density at radius 3 is 2.47 bits per heavy atom. The molecule has 92 valence electrons. The summed E-state index contributed by atoms with van der Waals surface area (Å²) in [6, 6.07) is 9.76. The number of rotatable bonds is 5. The summed E-state index contributed by atoms with van der Waals surface area (Å²) < 4.78 is 0. The van der Waals surface area contributed by atoms with Gasteiger partial charge in [-0.25, -0.2) is 0 Å². The van der Waals surface area contributed by atoms with E-state index in [-0.39, 0.29) is 17.8 Å². The van der Waals surface area contributed by atoms with Crippen molar-refractivity contribution in [1.29, 1.82) is 5.41 Å². The number of nitrogens with one attached hydrogen (secondary N) is 2. The van der Waals surface area contributed by atoms with E-state index in [0.717, 1.165) is 12.0 Å². The van der Waals surface area contributed by atoms with E-state index < -0.39 is 5.92 Å². The van der Waals surface area contributed by atoms with Gasteiger partial charge in [0, 0.05) is 0 Å². The largest absolute Gasteiger partial charge is 0.387 e. The molecule has 4 N–H and O–H groups in total. The summed E-state index contributed by atoms with van der Waals surface area (Å²) in [5.41, 5.74) is 6.38. The fraction of sp³-hybridized carbons (Fsp3) is 0.385. The number of carbonyl (C=O) groups excluding carboxylic acids is 1. The molecule has 4 nitrogen and oxygen atoms in total. The number of hydrogen-bond donors (Lipinski definition) is 3. The molecule has 0 bridgehead atoms. The lowest BCUT2D eigenvalue weighted by Gasteiger charge is -2.19. The fourth-order valence-electron chi connectivity index (χ4n) is 1.54. The first-order chi connectivity index (χ1) is 8.06. The van der Waals surface area contributed by atoms with Crippen LogP contribution in [-0.4, -0.2) is 11.7 Å². The third-order valence-electron chi connectivity index (χ3n) is 2.79. The fourth-order valence-corrected chi connectivity index (χ4v) is 1.54. The summed E-state index contributed by atoms with van der Waals surface area (Å²) in [6.07, 6.45) is 0.806. The highest BCUT2D eigenvalue weighted by molar-refractivity contribution is 6.00. The van der Waals surface area contributed by atoms with Crippen molar-refractivity contribution in [3.63, 3.8) is 0 Å². The lowest BCUT2D eigenvalue weighted by atomic mass is 10.0. The molecule has 0 spiro atoms. The summed E-state index contributed by atoms with van der Waals surface area (Å²) in [5, 5.41) is 10.2. The third-order valence-corrected chi connectivity index (χ3v) is 2.79. The van der Waals surface area contributed by atoms with Crippen molar-refractivity contribution in [2.24, 2.45) is 11.7 Å². The highest BCUT2D eigenvalue weighted by Gasteiger charge is 2.19. The van der Waals surface area contributed by atoms with E-state index in [1.165, 1.54) is 0 Å². The van der Waals surface area contributed by atoms with Crippen molar-refractivity contribution in [1.82, 2.24) is 5.32 Å². The first-order valence-electron chi connectivity index (χ1n) is 5.75. The average Bonchev–Trinajstić information content (AvgIpc) is 2.35. The van der Waals surface area contributed by atoms with Gasteiger partial charge in [0.15, 0.2) is 0 Å². The maximum Gasteiger partial charge on any atom is 0.230 e. The van der Waals surface area contributed by atoms with Crippen molar-refractivity contribution in [2.75, 3.05) is 0 Å². The lowest BCUT2D eigenvalue weighted by Crippen LogP contribution is -2.38. The van der Waals surface area contributed by atoms with Gasteiger partial charge in [0.2, 0.25) is 5.91 Å². The zero-order valence-electron chi connectivity index (χ0n) is 10.2. The van der Waals surface area contributed by atoms with E-state index in [1.807, 2.05) is 37.3 Å². The second-order valence-corrected chi connectivity index (χ2v) is 4.06. The van der Waals surface area contributed by atoms with E-state index >= 15 is 0 Å². The topological polar surface area (TPSA) is 79.0 Å². The van der Waals surface area contributed by atoms with Crippen molar-refractivity contribution in [2.45, 2.75) is 26.3 Å². The Bertz CT molecular complexity index is 389. The zero-order valence-corrected chi connectivity index (χ0v) is 10.2. The van der Waals surface area contributed by atoms with Crippen LogP contribution in [-0.2, 0) is 4.79 Å². The van der Waals surface area contributed by atoms with Crippen molar-refractivity contribution in [3.8, 4) is 0 Å². The Balaban J connectivity index is 2.71. The molecule has 0 heterocycles. The molecule has 1 aromatic carbocycles. The van der Waals surface area contributed by atoms with Crippen LogP contribution >= 0.6 is 0 Å². The van der Waals surface area contributed by atoms with Crippen LogP contribution in [0.2, 0.25) is 0 Å². The van der Waals surface area contributed by atoms with E-state index in [1.54, 1.807) is 6.92 Å². The number of nitrogens with two attached hydrogens (primary N) is 1. The summed E-state index contributed by atoms with van der Waals surface area (Å²) in [6.45, 7) is 3.64. The van der Waals surface area contributed by atoms with Crippen LogP contribution < -0.4 is 11.1 Å². The minimum absolute atomic E-state index is 0.0227. The molecular weight excluding hydrogens is 214 g/mol. The minimum atomic E-state index is -0.576. The van der Waals surface area contributed by atoms with E-state index in [4.69, 9.17) is 11.1 Å². The van der Waals surface area contributed by atoms with Crippen LogP contribution in [0.1, 0.15) is 31.9 Å². The third kappa shape index (κ3) is 3.59. The maximum atomic E-state index is 11.8. The summed E-state index contributed by atoms with van der Waals surface area (Å²) >= 11 is 0.